The Balaban J connectivity index is 2.18. The number of aliphatic hydroxyl groups is 1. The van der Waals surface area contributed by atoms with E-state index in [1.54, 1.807) is 0 Å². The van der Waals surface area contributed by atoms with Gasteiger partial charge in [0.15, 0.2) is 0 Å². The molecule has 2 fully saturated rings. The maximum absolute atomic E-state index is 12.4. The summed E-state index contributed by atoms with van der Waals surface area (Å²) in [6, 6.07) is 0.330. The molecule has 0 bridgehead atoms. The van der Waals surface area contributed by atoms with E-state index in [4.69, 9.17) is 5.11 Å². The summed E-state index contributed by atoms with van der Waals surface area (Å²) in [5.74, 6) is 0.204. The molecule has 1 saturated heterocycles. The molecule has 1 saturated carbocycles. The molecule has 0 aromatic carbocycles. The van der Waals surface area contributed by atoms with Gasteiger partial charge in [0.1, 0.15) is 0 Å². The van der Waals surface area contributed by atoms with Crippen molar-refractivity contribution < 1.29 is 9.90 Å². The van der Waals surface area contributed by atoms with Crippen LogP contribution in [0.1, 0.15) is 33.1 Å². The van der Waals surface area contributed by atoms with E-state index in [1.807, 2.05) is 7.05 Å². The van der Waals surface area contributed by atoms with Crippen LogP contribution in [0.4, 0.5) is 0 Å². The number of aliphatic hydroxyl groups excluding tert-OH is 1. The molecule has 0 radical (unpaired) electrons. The maximum Gasteiger partial charge on any atom is 0.240 e. The third-order valence-corrected chi connectivity index (χ3v) is 3.66. The Kier molecular flexibility index (Phi) is 2.97. The topological polar surface area (TPSA) is 43.8 Å². The fourth-order valence-electron chi connectivity index (χ4n) is 2.92. The average molecular weight is 226 g/mol. The SMILES string of the molecule is CN1CC(C)(C)N(C2CC2)C(=O)C1CCO. The van der Waals surface area contributed by atoms with E-state index in [1.165, 1.54) is 0 Å². The van der Waals surface area contributed by atoms with Crippen LogP contribution in [0.5, 0.6) is 0 Å². The molecule has 1 aliphatic carbocycles. The highest BCUT2D eigenvalue weighted by atomic mass is 16.3. The lowest BCUT2D eigenvalue weighted by Gasteiger charge is -2.49. The predicted molar refractivity (Wildman–Crippen MR) is 62.1 cm³/mol. The van der Waals surface area contributed by atoms with Gasteiger partial charge in [-0.15, -0.1) is 0 Å². The number of carbonyl (C=O) groups excluding carboxylic acids is 1. The standard InChI is InChI=1S/C12H22N2O2/c1-12(2)8-13(3)10(6-7-15)11(16)14(12)9-4-5-9/h9-10,15H,4-8H2,1-3H3. The minimum Gasteiger partial charge on any atom is -0.396 e. The normalized spacial score (nSPS) is 30.9. The van der Waals surface area contributed by atoms with Crippen LogP contribution in [0.3, 0.4) is 0 Å². The average Bonchev–Trinajstić information content (AvgIpc) is 2.94. The summed E-state index contributed by atoms with van der Waals surface area (Å²) in [6.07, 6.45) is 2.84. The van der Waals surface area contributed by atoms with Gasteiger partial charge in [-0.3, -0.25) is 9.69 Å². The van der Waals surface area contributed by atoms with Crippen LogP contribution < -0.4 is 0 Å². The Morgan fingerprint density at radius 1 is 1.44 bits per heavy atom. The van der Waals surface area contributed by atoms with Gasteiger partial charge >= 0.3 is 0 Å². The van der Waals surface area contributed by atoms with Crippen molar-refractivity contribution in [3.8, 4) is 0 Å². The molecular formula is C12H22N2O2. The highest BCUT2D eigenvalue weighted by molar-refractivity contribution is 5.84. The van der Waals surface area contributed by atoms with Gasteiger partial charge in [0, 0.05) is 19.2 Å². The van der Waals surface area contributed by atoms with Crippen molar-refractivity contribution in [3.05, 3.63) is 0 Å². The van der Waals surface area contributed by atoms with E-state index >= 15 is 0 Å². The molecule has 1 amide bonds. The summed E-state index contributed by atoms with van der Waals surface area (Å²) in [4.78, 5) is 16.5. The molecule has 16 heavy (non-hydrogen) atoms. The van der Waals surface area contributed by atoms with E-state index in [0.717, 1.165) is 19.4 Å². The summed E-state index contributed by atoms with van der Waals surface area (Å²) >= 11 is 0. The van der Waals surface area contributed by atoms with Crippen LogP contribution in [0, 0.1) is 0 Å². The lowest BCUT2D eigenvalue weighted by Crippen LogP contribution is -2.66. The predicted octanol–water partition coefficient (Wildman–Crippen LogP) is 0.452. The maximum atomic E-state index is 12.4. The zero-order valence-corrected chi connectivity index (χ0v) is 10.4. The largest absolute Gasteiger partial charge is 0.396 e. The Morgan fingerprint density at radius 3 is 2.56 bits per heavy atom. The first kappa shape index (κ1) is 11.9. The monoisotopic (exact) mass is 226 g/mol. The van der Waals surface area contributed by atoms with Gasteiger partial charge in [0.05, 0.1) is 11.6 Å². The Morgan fingerprint density at radius 2 is 2.06 bits per heavy atom. The van der Waals surface area contributed by atoms with Gasteiger partial charge < -0.3 is 10.0 Å². The number of amides is 1. The molecule has 1 N–H and O–H groups in total. The van der Waals surface area contributed by atoms with Crippen LogP contribution in [0.2, 0.25) is 0 Å². The van der Waals surface area contributed by atoms with Crippen molar-refractivity contribution in [3.63, 3.8) is 0 Å². The Bertz CT molecular complexity index is 287. The minimum atomic E-state index is -0.126. The second-order valence-electron chi connectivity index (χ2n) is 5.70. The van der Waals surface area contributed by atoms with Crippen LogP contribution in [0.25, 0.3) is 0 Å². The number of piperazine rings is 1. The van der Waals surface area contributed by atoms with Crippen LogP contribution in [0.15, 0.2) is 0 Å². The van der Waals surface area contributed by atoms with Crippen molar-refractivity contribution in [2.45, 2.75) is 50.7 Å². The molecule has 0 aromatic heterocycles. The molecule has 2 aliphatic rings. The molecule has 1 aliphatic heterocycles. The minimum absolute atomic E-state index is 0.0705. The molecular weight excluding hydrogens is 204 g/mol. The second kappa shape index (κ2) is 4.00. The van der Waals surface area contributed by atoms with E-state index in [2.05, 4.69) is 23.6 Å². The van der Waals surface area contributed by atoms with Gasteiger partial charge in [0.25, 0.3) is 0 Å². The van der Waals surface area contributed by atoms with Gasteiger partial charge in [0.2, 0.25) is 5.91 Å². The summed E-state index contributed by atoms with van der Waals surface area (Å²) in [5.41, 5.74) is -0.0705. The first-order valence-corrected chi connectivity index (χ1v) is 6.11. The highest BCUT2D eigenvalue weighted by Crippen LogP contribution is 2.37. The highest BCUT2D eigenvalue weighted by Gasteiger charge is 2.48. The fourth-order valence-corrected chi connectivity index (χ4v) is 2.92. The lowest BCUT2D eigenvalue weighted by atomic mass is 9.94. The summed E-state index contributed by atoms with van der Waals surface area (Å²) in [7, 11) is 1.98. The summed E-state index contributed by atoms with van der Waals surface area (Å²) in [5, 5.41) is 9.03. The van der Waals surface area contributed by atoms with Crippen LogP contribution in [-0.2, 0) is 4.79 Å². The van der Waals surface area contributed by atoms with Gasteiger partial charge in [-0.25, -0.2) is 0 Å². The zero-order valence-electron chi connectivity index (χ0n) is 10.4. The number of nitrogens with zero attached hydrogens (tertiary/aromatic N) is 2. The van der Waals surface area contributed by atoms with Gasteiger partial charge in [-0.05, 0) is 40.2 Å². The first-order chi connectivity index (χ1) is 7.47. The number of rotatable bonds is 3. The number of likely N-dealkylation sites (N-methyl/N-ethyl adjacent to an activating group) is 1. The molecule has 1 unspecified atom stereocenters. The summed E-state index contributed by atoms with van der Waals surface area (Å²) in [6.45, 7) is 5.24. The molecule has 1 heterocycles. The first-order valence-electron chi connectivity index (χ1n) is 6.11. The molecule has 0 aromatic rings. The smallest absolute Gasteiger partial charge is 0.240 e. The quantitative estimate of drug-likeness (QED) is 0.760. The fraction of sp³-hybridized carbons (Fsp3) is 0.917. The van der Waals surface area contributed by atoms with Crippen LogP contribution >= 0.6 is 0 Å². The van der Waals surface area contributed by atoms with Crippen molar-refractivity contribution in [2.24, 2.45) is 0 Å². The van der Waals surface area contributed by atoms with Crippen molar-refractivity contribution in [1.29, 1.82) is 0 Å². The van der Waals surface area contributed by atoms with Crippen molar-refractivity contribution in [2.75, 3.05) is 20.2 Å². The third kappa shape index (κ3) is 1.96. The zero-order chi connectivity index (χ0) is 11.9. The molecule has 0 spiro atoms. The van der Waals surface area contributed by atoms with E-state index in [9.17, 15) is 4.79 Å². The number of hydrogen-bond donors (Lipinski definition) is 1. The van der Waals surface area contributed by atoms with Gasteiger partial charge in [-0.1, -0.05) is 0 Å². The van der Waals surface area contributed by atoms with Gasteiger partial charge in [-0.2, -0.15) is 0 Å². The Labute approximate surface area is 97.2 Å². The number of hydrogen-bond acceptors (Lipinski definition) is 3. The molecule has 92 valence electrons. The van der Waals surface area contributed by atoms with Crippen molar-refractivity contribution >= 4 is 5.91 Å². The number of carbonyl (C=O) groups is 1. The third-order valence-electron chi connectivity index (χ3n) is 3.66. The summed E-state index contributed by atoms with van der Waals surface area (Å²) < 4.78 is 0. The van der Waals surface area contributed by atoms with E-state index in [0.29, 0.717) is 12.5 Å². The molecule has 4 nitrogen and oxygen atoms in total. The second-order valence-corrected chi connectivity index (χ2v) is 5.70. The molecule has 4 heteroatoms. The lowest BCUT2D eigenvalue weighted by molar-refractivity contribution is -0.152. The molecule has 1 atom stereocenters. The Hall–Kier alpha value is -0.610. The molecule has 2 rings (SSSR count). The van der Waals surface area contributed by atoms with E-state index in [-0.39, 0.29) is 24.1 Å². The van der Waals surface area contributed by atoms with E-state index < -0.39 is 0 Å². The van der Waals surface area contributed by atoms with Crippen LogP contribution in [-0.4, -0.2) is 58.6 Å². The van der Waals surface area contributed by atoms with Crippen molar-refractivity contribution in [1.82, 2.24) is 9.80 Å².